The smallest absolute Gasteiger partial charge is 0.219 e. The van der Waals surface area contributed by atoms with Crippen LogP contribution >= 0.6 is 0 Å². The Morgan fingerprint density at radius 3 is 2.61 bits per heavy atom. The van der Waals surface area contributed by atoms with Crippen LogP contribution in [0.4, 0.5) is 0 Å². The standard InChI is InChI=1S/C14H25N3O/c1-6-15-12(7-10(2)3)8-13-11(4)14(18-5)17-9-16-13/h9-10,12,15H,6-8H2,1-5H3. The molecule has 1 aromatic rings. The van der Waals surface area contributed by atoms with Crippen molar-refractivity contribution in [2.24, 2.45) is 5.92 Å². The number of methoxy groups -OCH3 is 1. The molecular formula is C14H25N3O. The van der Waals surface area contributed by atoms with Gasteiger partial charge >= 0.3 is 0 Å². The second kappa shape index (κ2) is 7.31. The zero-order valence-electron chi connectivity index (χ0n) is 12.2. The highest BCUT2D eigenvalue weighted by Crippen LogP contribution is 2.18. The molecule has 0 aliphatic heterocycles. The van der Waals surface area contributed by atoms with E-state index >= 15 is 0 Å². The third-order valence-electron chi connectivity index (χ3n) is 3.02. The maximum atomic E-state index is 5.24. The second-order valence-corrected chi connectivity index (χ2v) is 5.04. The van der Waals surface area contributed by atoms with Gasteiger partial charge in [0.05, 0.1) is 12.8 Å². The quantitative estimate of drug-likeness (QED) is 0.808. The summed E-state index contributed by atoms with van der Waals surface area (Å²) in [5.74, 6) is 1.36. The van der Waals surface area contributed by atoms with E-state index in [9.17, 15) is 0 Å². The lowest BCUT2D eigenvalue weighted by molar-refractivity contribution is 0.388. The zero-order valence-corrected chi connectivity index (χ0v) is 12.2. The monoisotopic (exact) mass is 251 g/mol. The molecule has 0 aliphatic carbocycles. The molecule has 0 bridgehead atoms. The molecule has 0 aliphatic rings. The van der Waals surface area contributed by atoms with Crippen LogP contribution in [0.3, 0.4) is 0 Å². The molecule has 0 saturated carbocycles. The summed E-state index contributed by atoms with van der Waals surface area (Å²) < 4.78 is 5.24. The number of nitrogens with one attached hydrogen (secondary N) is 1. The molecule has 1 N–H and O–H groups in total. The van der Waals surface area contributed by atoms with Gasteiger partial charge in [0.2, 0.25) is 5.88 Å². The topological polar surface area (TPSA) is 47.0 Å². The van der Waals surface area contributed by atoms with Gasteiger partial charge in [-0.1, -0.05) is 20.8 Å². The minimum atomic E-state index is 0.466. The maximum absolute atomic E-state index is 5.24. The van der Waals surface area contributed by atoms with E-state index in [-0.39, 0.29) is 0 Å². The van der Waals surface area contributed by atoms with Gasteiger partial charge in [0.1, 0.15) is 6.33 Å². The third kappa shape index (κ3) is 4.26. The van der Waals surface area contributed by atoms with Crippen molar-refractivity contribution in [1.82, 2.24) is 15.3 Å². The first-order chi connectivity index (χ1) is 8.58. The average Bonchev–Trinajstić information content (AvgIpc) is 2.31. The van der Waals surface area contributed by atoms with E-state index in [1.165, 1.54) is 0 Å². The predicted octanol–water partition coefficient (Wildman–Crippen LogP) is 2.36. The summed E-state index contributed by atoms with van der Waals surface area (Å²) in [6.07, 6.45) is 3.66. The molecule has 0 amide bonds. The van der Waals surface area contributed by atoms with Gasteiger partial charge in [-0.25, -0.2) is 9.97 Å². The van der Waals surface area contributed by atoms with Crippen molar-refractivity contribution in [3.63, 3.8) is 0 Å². The third-order valence-corrected chi connectivity index (χ3v) is 3.02. The van der Waals surface area contributed by atoms with Crippen molar-refractivity contribution in [2.45, 2.75) is 46.6 Å². The summed E-state index contributed by atoms with van der Waals surface area (Å²) in [7, 11) is 1.65. The van der Waals surface area contributed by atoms with Gasteiger partial charge in [-0.15, -0.1) is 0 Å². The first-order valence-corrected chi connectivity index (χ1v) is 6.66. The molecule has 0 fully saturated rings. The minimum Gasteiger partial charge on any atom is -0.481 e. The van der Waals surface area contributed by atoms with Gasteiger partial charge in [0.15, 0.2) is 0 Å². The van der Waals surface area contributed by atoms with E-state index in [0.29, 0.717) is 17.8 Å². The van der Waals surface area contributed by atoms with Crippen LogP contribution in [-0.4, -0.2) is 29.7 Å². The van der Waals surface area contributed by atoms with E-state index in [4.69, 9.17) is 4.74 Å². The Morgan fingerprint density at radius 1 is 1.33 bits per heavy atom. The number of likely N-dealkylation sites (N-methyl/N-ethyl adjacent to an activating group) is 1. The molecule has 1 heterocycles. The normalized spacial score (nSPS) is 12.8. The number of hydrogen-bond donors (Lipinski definition) is 1. The molecule has 0 aromatic carbocycles. The zero-order chi connectivity index (χ0) is 13.5. The second-order valence-electron chi connectivity index (χ2n) is 5.04. The highest BCUT2D eigenvalue weighted by molar-refractivity contribution is 5.28. The van der Waals surface area contributed by atoms with Crippen molar-refractivity contribution < 1.29 is 4.74 Å². The molecule has 102 valence electrons. The lowest BCUT2D eigenvalue weighted by Crippen LogP contribution is -2.32. The Kier molecular flexibility index (Phi) is 6.05. The van der Waals surface area contributed by atoms with Crippen molar-refractivity contribution in [3.05, 3.63) is 17.6 Å². The molecule has 1 atom stereocenters. The predicted molar refractivity (Wildman–Crippen MR) is 73.9 cm³/mol. The van der Waals surface area contributed by atoms with Crippen molar-refractivity contribution in [1.29, 1.82) is 0 Å². The summed E-state index contributed by atoms with van der Waals surface area (Å²) in [5.41, 5.74) is 2.13. The molecular weight excluding hydrogens is 226 g/mol. The van der Waals surface area contributed by atoms with Crippen molar-refractivity contribution >= 4 is 0 Å². The van der Waals surface area contributed by atoms with Crippen molar-refractivity contribution in [2.75, 3.05) is 13.7 Å². The van der Waals surface area contributed by atoms with Crippen LogP contribution in [-0.2, 0) is 6.42 Å². The van der Waals surface area contributed by atoms with Gasteiger partial charge < -0.3 is 10.1 Å². The van der Waals surface area contributed by atoms with Crippen LogP contribution in [0.5, 0.6) is 5.88 Å². The van der Waals surface area contributed by atoms with Gasteiger partial charge in [-0.2, -0.15) is 0 Å². The van der Waals surface area contributed by atoms with Crippen LogP contribution < -0.4 is 10.1 Å². The molecule has 1 aromatic heterocycles. The Bertz CT molecular complexity index is 366. The molecule has 1 rings (SSSR count). The van der Waals surface area contributed by atoms with E-state index < -0.39 is 0 Å². The van der Waals surface area contributed by atoms with Gasteiger partial charge in [0, 0.05) is 18.0 Å². The fourth-order valence-electron chi connectivity index (χ4n) is 2.21. The summed E-state index contributed by atoms with van der Waals surface area (Å²) in [6.45, 7) is 9.64. The number of ether oxygens (including phenoxy) is 1. The molecule has 4 heteroatoms. The van der Waals surface area contributed by atoms with Crippen molar-refractivity contribution in [3.8, 4) is 5.88 Å². The molecule has 0 spiro atoms. The highest BCUT2D eigenvalue weighted by Gasteiger charge is 2.15. The lowest BCUT2D eigenvalue weighted by atomic mass is 9.98. The van der Waals surface area contributed by atoms with E-state index in [1.807, 2.05) is 6.92 Å². The Hall–Kier alpha value is -1.16. The van der Waals surface area contributed by atoms with Gasteiger partial charge in [-0.05, 0) is 25.8 Å². The minimum absolute atomic E-state index is 0.466. The average molecular weight is 251 g/mol. The number of aromatic nitrogens is 2. The van der Waals surface area contributed by atoms with E-state index in [0.717, 1.165) is 30.6 Å². The van der Waals surface area contributed by atoms with E-state index in [2.05, 4.69) is 36.1 Å². The first-order valence-electron chi connectivity index (χ1n) is 6.66. The SMILES string of the molecule is CCNC(Cc1ncnc(OC)c1C)CC(C)C. The Balaban J connectivity index is 2.79. The fourth-order valence-corrected chi connectivity index (χ4v) is 2.21. The van der Waals surface area contributed by atoms with Crippen LogP contribution in [0.15, 0.2) is 6.33 Å². The summed E-state index contributed by atoms with van der Waals surface area (Å²) in [5, 5.41) is 3.53. The summed E-state index contributed by atoms with van der Waals surface area (Å²) >= 11 is 0. The number of hydrogen-bond acceptors (Lipinski definition) is 4. The molecule has 1 unspecified atom stereocenters. The maximum Gasteiger partial charge on any atom is 0.219 e. The summed E-state index contributed by atoms with van der Waals surface area (Å²) in [6, 6.07) is 0.466. The Labute approximate surface area is 110 Å². The molecule has 18 heavy (non-hydrogen) atoms. The highest BCUT2D eigenvalue weighted by atomic mass is 16.5. The molecule has 4 nitrogen and oxygen atoms in total. The van der Waals surface area contributed by atoms with Crippen LogP contribution in [0.1, 0.15) is 38.4 Å². The molecule has 0 radical (unpaired) electrons. The van der Waals surface area contributed by atoms with Crippen LogP contribution in [0, 0.1) is 12.8 Å². The first kappa shape index (κ1) is 14.9. The number of nitrogens with zero attached hydrogens (tertiary/aromatic N) is 2. The fraction of sp³-hybridized carbons (Fsp3) is 0.714. The van der Waals surface area contributed by atoms with Gasteiger partial charge in [-0.3, -0.25) is 0 Å². The van der Waals surface area contributed by atoms with Crippen LogP contribution in [0.25, 0.3) is 0 Å². The van der Waals surface area contributed by atoms with Crippen LogP contribution in [0.2, 0.25) is 0 Å². The lowest BCUT2D eigenvalue weighted by Gasteiger charge is -2.20. The van der Waals surface area contributed by atoms with Gasteiger partial charge in [0.25, 0.3) is 0 Å². The molecule has 0 saturated heterocycles. The van der Waals surface area contributed by atoms with E-state index in [1.54, 1.807) is 13.4 Å². The largest absolute Gasteiger partial charge is 0.481 e. The Morgan fingerprint density at radius 2 is 2.06 bits per heavy atom. The number of rotatable bonds is 7. The summed E-state index contributed by atoms with van der Waals surface area (Å²) in [4.78, 5) is 8.50.